The van der Waals surface area contributed by atoms with Gasteiger partial charge in [0.15, 0.2) is 0 Å². The third-order valence-electron chi connectivity index (χ3n) is 3.50. The number of anilines is 1. The average Bonchev–Trinajstić information content (AvgIpc) is 3.03. The molecule has 0 bridgehead atoms. The molecule has 0 aliphatic rings. The standard InChI is InChI=1S/C16H13N5/c1-2-4-11(5-3-1)8-17-16-12-6-7-13-15(20-9-18-13)14(12)19-10-21-16/h1-7,9-10H,8H2,(H,18,20)(H,17,19,21). The van der Waals surface area contributed by atoms with Crippen molar-refractivity contribution in [1.82, 2.24) is 19.9 Å². The molecule has 0 atom stereocenters. The predicted molar refractivity (Wildman–Crippen MR) is 83.0 cm³/mol. The molecular weight excluding hydrogens is 262 g/mol. The number of benzene rings is 2. The second kappa shape index (κ2) is 4.86. The fraction of sp³-hybridized carbons (Fsp3) is 0.0625. The molecule has 0 amide bonds. The molecule has 4 rings (SSSR count). The first kappa shape index (κ1) is 11.8. The summed E-state index contributed by atoms with van der Waals surface area (Å²) in [5.74, 6) is 0.828. The maximum Gasteiger partial charge on any atom is 0.137 e. The van der Waals surface area contributed by atoms with E-state index in [1.165, 1.54) is 5.56 Å². The van der Waals surface area contributed by atoms with Crippen LogP contribution in [0.1, 0.15) is 5.56 Å². The summed E-state index contributed by atoms with van der Waals surface area (Å²) < 4.78 is 0. The van der Waals surface area contributed by atoms with Crippen molar-refractivity contribution in [2.75, 3.05) is 5.32 Å². The average molecular weight is 275 g/mol. The minimum atomic E-state index is 0.728. The first-order valence-electron chi connectivity index (χ1n) is 6.76. The van der Waals surface area contributed by atoms with Crippen molar-refractivity contribution >= 4 is 27.8 Å². The van der Waals surface area contributed by atoms with E-state index in [-0.39, 0.29) is 0 Å². The van der Waals surface area contributed by atoms with Crippen LogP contribution >= 0.6 is 0 Å². The second-order valence-corrected chi connectivity index (χ2v) is 4.82. The normalized spacial score (nSPS) is 11.0. The van der Waals surface area contributed by atoms with Crippen LogP contribution in [-0.4, -0.2) is 19.9 Å². The highest BCUT2D eigenvalue weighted by Gasteiger charge is 2.08. The van der Waals surface area contributed by atoms with Gasteiger partial charge >= 0.3 is 0 Å². The van der Waals surface area contributed by atoms with Crippen molar-refractivity contribution in [3.63, 3.8) is 0 Å². The Balaban J connectivity index is 1.75. The Hall–Kier alpha value is -2.95. The molecule has 0 saturated carbocycles. The van der Waals surface area contributed by atoms with E-state index >= 15 is 0 Å². The van der Waals surface area contributed by atoms with Gasteiger partial charge in [0.05, 0.1) is 11.8 Å². The number of H-pyrrole nitrogens is 1. The van der Waals surface area contributed by atoms with Gasteiger partial charge in [-0.15, -0.1) is 0 Å². The van der Waals surface area contributed by atoms with Crippen molar-refractivity contribution in [3.05, 3.63) is 60.7 Å². The minimum Gasteiger partial charge on any atom is -0.365 e. The quantitative estimate of drug-likeness (QED) is 0.603. The van der Waals surface area contributed by atoms with Crippen LogP contribution < -0.4 is 5.32 Å². The van der Waals surface area contributed by atoms with Gasteiger partial charge in [-0.25, -0.2) is 15.0 Å². The van der Waals surface area contributed by atoms with E-state index in [1.807, 2.05) is 30.3 Å². The van der Waals surface area contributed by atoms with E-state index in [0.29, 0.717) is 0 Å². The Kier molecular flexibility index (Phi) is 2.74. The zero-order valence-electron chi connectivity index (χ0n) is 11.2. The molecule has 4 aromatic rings. The summed E-state index contributed by atoms with van der Waals surface area (Å²) in [6, 6.07) is 14.3. The first-order chi connectivity index (χ1) is 10.4. The molecule has 0 spiro atoms. The molecule has 0 saturated heterocycles. The number of nitrogens with zero attached hydrogens (tertiary/aromatic N) is 3. The van der Waals surface area contributed by atoms with Crippen LogP contribution in [0.4, 0.5) is 5.82 Å². The van der Waals surface area contributed by atoms with Gasteiger partial charge in [0.2, 0.25) is 0 Å². The maximum absolute atomic E-state index is 4.36. The van der Waals surface area contributed by atoms with Crippen LogP contribution in [0.3, 0.4) is 0 Å². The molecule has 5 heteroatoms. The predicted octanol–water partition coefficient (Wildman–Crippen LogP) is 3.12. The summed E-state index contributed by atoms with van der Waals surface area (Å²) in [5.41, 5.74) is 3.93. The third kappa shape index (κ3) is 2.08. The van der Waals surface area contributed by atoms with Gasteiger partial charge in [-0.05, 0) is 17.7 Å². The molecule has 0 aliphatic heterocycles. The molecule has 0 aliphatic carbocycles. The first-order valence-corrected chi connectivity index (χ1v) is 6.76. The Morgan fingerprint density at radius 1 is 0.905 bits per heavy atom. The molecule has 2 heterocycles. The zero-order chi connectivity index (χ0) is 14.1. The van der Waals surface area contributed by atoms with Crippen LogP contribution in [0, 0.1) is 0 Å². The van der Waals surface area contributed by atoms with Gasteiger partial charge in [-0.2, -0.15) is 0 Å². The van der Waals surface area contributed by atoms with Gasteiger partial charge in [-0.3, -0.25) is 0 Å². The maximum atomic E-state index is 4.36. The van der Waals surface area contributed by atoms with Gasteiger partial charge in [-0.1, -0.05) is 30.3 Å². The van der Waals surface area contributed by atoms with E-state index < -0.39 is 0 Å². The number of imidazole rings is 1. The van der Waals surface area contributed by atoms with Crippen molar-refractivity contribution in [3.8, 4) is 0 Å². The molecule has 2 aromatic heterocycles. The summed E-state index contributed by atoms with van der Waals surface area (Å²) in [5, 5.41) is 4.35. The van der Waals surface area contributed by atoms with Gasteiger partial charge < -0.3 is 10.3 Å². The number of aromatic nitrogens is 4. The van der Waals surface area contributed by atoms with Crippen LogP contribution in [0.15, 0.2) is 55.1 Å². The summed E-state index contributed by atoms with van der Waals surface area (Å²) in [6.07, 6.45) is 3.26. The second-order valence-electron chi connectivity index (χ2n) is 4.82. The highest BCUT2D eigenvalue weighted by Crippen LogP contribution is 2.25. The Morgan fingerprint density at radius 2 is 1.81 bits per heavy atom. The van der Waals surface area contributed by atoms with Gasteiger partial charge in [0.1, 0.15) is 23.2 Å². The number of fused-ring (bicyclic) bond motifs is 3. The van der Waals surface area contributed by atoms with E-state index in [1.54, 1.807) is 12.7 Å². The molecule has 0 fully saturated rings. The van der Waals surface area contributed by atoms with E-state index in [9.17, 15) is 0 Å². The number of nitrogens with one attached hydrogen (secondary N) is 2. The van der Waals surface area contributed by atoms with Crippen molar-refractivity contribution in [1.29, 1.82) is 0 Å². The molecule has 0 radical (unpaired) electrons. The minimum absolute atomic E-state index is 0.728. The molecule has 5 nitrogen and oxygen atoms in total. The van der Waals surface area contributed by atoms with E-state index in [2.05, 4.69) is 37.4 Å². The Labute approximate surface area is 121 Å². The molecule has 2 aromatic carbocycles. The zero-order valence-corrected chi connectivity index (χ0v) is 11.2. The van der Waals surface area contributed by atoms with Crippen molar-refractivity contribution < 1.29 is 0 Å². The molecule has 2 N–H and O–H groups in total. The number of aromatic amines is 1. The topological polar surface area (TPSA) is 66.5 Å². The molecule has 102 valence electrons. The van der Waals surface area contributed by atoms with Crippen molar-refractivity contribution in [2.45, 2.75) is 6.54 Å². The third-order valence-corrected chi connectivity index (χ3v) is 3.50. The van der Waals surface area contributed by atoms with Crippen LogP contribution in [0.25, 0.3) is 21.9 Å². The summed E-state index contributed by atoms with van der Waals surface area (Å²) in [7, 11) is 0. The number of rotatable bonds is 3. The summed E-state index contributed by atoms with van der Waals surface area (Å²) in [6.45, 7) is 0.728. The number of hydrogen-bond donors (Lipinski definition) is 2. The van der Waals surface area contributed by atoms with Crippen LogP contribution in [-0.2, 0) is 6.54 Å². The monoisotopic (exact) mass is 275 g/mol. The lowest BCUT2D eigenvalue weighted by Crippen LogP contribution is -2.02. The summed E-state index contributed by atoms with van der Waals surface area (Å²) >= 11 is 0. The Morgan fingerprint density at radius 3 is 2.71 bits per heavy atom. The van der Waals surface area contributed by atoms with Crippen LogP contribution in [0.2, 0.25) is 0 Å². The van der Waals surface area contributed by atoms with E-state index in [4.69, 9.17) is 0 Å². The lowest BCUT2D eigenvalue weighted by atomic mass is 10.2. The van der Waals surface area contributed by atoms with E-state index in [0.717, 1.165) is 34.3 Å². The summed E-state index contributed by atoms with van der Waals surface area (Å²) in [4.78, 5) is 16.1. The largest absolute Gasteiger partial charge is 0.365 e. The smallest absolute Gasteiger partial charge is 0.137 e. The van der Waals surface area contributed by atoms with Crippen molar-refractivity contribution in [2.24, 2.45) is 0 Å². The lowest BCUT2D eigenvalue weighted by Gasteiger charge is -2.08. The fourth-order valence-electron chi connectivity index (χ4n) is 2.45. The molecule has 0 unspecified atom stereocenters. The molecular formula is C16H13N5. The highest BCUT2D eigenvalue weighted by atomic mass is 15.0. The van der Waals surface area contributed by atoms with Crippen LogP contribution in [0.5, 0.6) is 0 Å². The lowest BCUT2D eigenvalue weighted by molar-refractivity contribution is 1.10. The van der Waals surface area contributed by atoms with Gasteiger partial charge in [0.25, 0.3) is 0 Å². The van der Waals surface area contributed by atoms with Gasteiger partial charge in [0, 0.05) is 11.9 Å². The molecule has 21 heavy (non-hydrogen) atoms. The highest BCUT2D eigenvalue weighted by molar-refractivity contribution is 6.05. The Bertz CT molecular complexity index is 898. The SMILES string of the molecule is c1ccc(CNc2ncnc3c2ccc2[nH]cnc23)cc1. The number of hydrogen-bond acceptors (Lipinski definition) is 4. The fourth-order valence-corrected chi connectivity index (χ4v) is 2.45.